The zero-order chi connectivity index (χ0) is 8.24. The fourth-order valence-electron chi connectivity index (χ4n) is 0.0764. The predicted molar refractivity (Wildman–Crippen MR) is 45.1 cm³/mol. The quantitative estimate of drug-likeness (QED) is 0.370. The molecule has 0 rings (SSSR count). The van der Waals surface area contributed by atoms with E-state index < -0.39 is 0 Å². The summed E-state index contributed by atoms with van der Waals surface area (Å²) in [5, 5.41) is 15.4. The summed E-state index contributed by atoms with van der Waals surface area (Å²) in [6.45, 7) is 0. The molecule has 0 radical (unpaired) electrons. The van der Waals surface area contributed by atoms with Gasteiger partial charge in [-0.15, -0.1) is 18.8 Å². The largest absolute Gasteiger partial charge is 0.811 e. The molecule has 0 bridgehead atoms. The summed E-state index contributed by atoms with van der Waals surface area (Å²) in [5.41, 5.74) is 12.4. The zero-order valence-corrected chi connectivity index (χ0v) is 8.90. The van der Waals surface area contributed by atoms with E-state index in [0.717, 1.165) is 18.8 Å². The van der Waals surface area contributed by atoms with E-state index in [2.05, 4.69) is 4.99 Å². The van der Waals surface area contributed by atoms with Crippen molar-refractivity contribution in [3.05, 3.63) is 34.6 Å². The summed E-state index contributed by atoms with van der Waals surface area (Å²) in [5.74, 6) is 0. The van der Waals surface area contributed by atoms with Gasteiger partial charge in [0.05, 0.1) is 0 Å². The number of aliphatic imine (C=N–C) groups is 1. The van der Waals surface area contributed by atoms with Crippen molar-refractivity contribution in [1.29, 1.82) is 0 Å². The summed E-state index contributed by atoms with van der Waals surface area (Å²) in [6.07, 6.45) is 4.35. The molecule has 0 heterocycles. The molecule has 0 aliphatic heterocycles. The van der Waals surface area contributed by atoms with Gasteiger partial charge in [0.2, 0.25) is 0 Å². The molecular formula is C5H7N5Zn-4. The molecular weight excluding hydrogens is 195 g/mol. The normalized spacial score (nSPS) is 8.00. The Hall–Kier alpha value is -1.03. The Morgan fingerprint density at radius 1 is 1.18 bits per heavy atom. The Labute approximate surface area is 78.3 Å². The van der Waals surface area contributed by atoms with E-state index in [-0.39, 0.29) is 19.5 Å². The molecule has 0 aliphatic carbocycles. The molecule has 0 unspecified atom stereocenters. The SMILES string of the molecule is [N-]=C/C=C\[NH-].[N-]=CN=C[NH-].[Zn]. The average molecular weight is 203 g/mol. The fourth-order valence-corrected chi connectivity index (χ4v) is 0.0764. The van der Waals surface area contributed by atoms with Crippen LogP contribution in [-0.2, 0) is 19.5 Å². The Balaban J connectivity index is -0.000000107. The predicted octanol–water partition coefficient (Wildman–Crippen LogP) is 1.85. The van der Waals surface area contributed by atoms with E-state index >= 15 is 0 Å². The molecule has 0 aromatic rings. The first-order valence-electron chi connectivity index (χ1n) is 2.28. The molecule has 0 amide bonds. The summed E-state index contributed by atoms with van der Waals surface area (Å²) in [7, 11) is 0. The monoisotopic (exact) mass is 201 g/mol. The Kier molecular flexibility index (Phi) is 34.6. The van der Waals surface area contributed by atoms with Crippen LogP contribution < -0.4 is 0 Å². The van der Waals surface area contributed by atoms with E-state index in [0.29, 0.717) is 6.34 Å². The molecule has 0 saturated heterocycles. The van der Waals surface area contributed by atoms with Crippen molar-refractivity contribution in [3.63, 3.8) is 0 Å². The van der Waals surface area contributed by atoms with E-state index in [1.807, 2.05) is 0 Å². The first-order valence-corrected chi connectivity index (χ1v) is 2.28. The topological polar surface area (TPSA) is 105 Å². The maximum atomic E-state index is 7.73. The van der Waals surface area contributed by atoms with Crippen molar-refractivity contribution in [2.75, 3.05) is 0 Å². The molecule has 0 fully saturated rings. The van der Waals surface area contributed by atoms with Crippen molar-refractivity contribution < 1.29 is 19.5 Å². The van der Waals surface area contributed by atoms with Gasteiger partial charge in [0, 0.05) is 19.5 Å². The van der Waals surface area contributed by atoms with Crippen molar-refractivity contribution in [2.45, 2.75) is 0 Å². The summed E-state index contributed by atoms with van der Waals surface area (Å²) in [4.78, 5) is 2.94. The Bertz CT molecular complexity index is 115. The molecule has 0 aromatic heterocycles. The Morgan fingerprint density at radius 2 is 1.73 bits per heavy atom. The van der Waals surface area contributed by atoms with Gasteiger partial charge in [-0.2, -0.15) is 12.4 Å². The van der Waals surface area contributed by atoms with E-state index in [9.17, 15) is 0 Å². The van der Waals surface area contributed by atoms with Gasteiger partial charge in [-0.1, -0.05) is 0 Å². The second kappa shape index (κ2) is 23.1. The van der Waals surface area contributed by atoms with Gasteiger partial charge in [0.1, 0.15) is 0 Å². The first kappa shape index (κ1) is 16.5. The molecule has 2 N–H and O–H groups in total. The maximum Gasteiger partial charge on any atom is 0 e. The first-order chi connectivity index (χ1) is 4.83. The second-order valence-electron chi connectivity index (χ2n) is 0.902. The third kappa shape index (κ3) is 49.4. The second-order valence-corrected chi connectivity index (χ2v) is 0.902. The summed E-state index contributed by atoms with van der Waals surface area (Å²) < 4.78 is 0. The van der Waals surface area contributed by atoms with Crippen molar-refractivity contribution in [1.82, 2.24) is 0 Å². The third-order valence-corrected chi connectivity index (χ3v) is 0.323. The standard InChI is InChI=1S/C3H4N2.C2H3N3.Zn/c4-2-1-3-5;3-1-5-2-4;/h1-4H;1-2H,(H-2,3,4,5);/q2*-2;/b2-1-;;. The smallest absolute Gasteiger partial charge is 0 e. The van der Waals surface area contributed by atoms with Crippen LogP contribution in [-0.4, -0.2) is 18.9 Å². The minimum absolute atomic E-state index is 0. The van der Waals surface area contributed by atoms with E-state index in [1.54, 1.807) is 0 Å². The van der Waals surface area contributed by atoms with Gasteiger partial charge in [-0.25, -0.2) is 0 Å². The number of hydrogen-bond donors (Lipinski definition) is 0. The van der Waals surface area contributed by atoms with Crippen LogP contribution in [0.25, 0.3) is 22.3 Å². The van der Waals surface area contributed by atoms with Crippen LogP contribution in [0.2, 0.25) is 0 Å². The molecule has 5 nitrogen and oxygen atoms in total. The molecule has 0 saturated carbocycles. The van der Waals surface area contributed by atoms with Crippen LogP contribution in [0.1, 0.15) is 0 Å². The third-order valence-electron chi connectivity index (χ3n) is 0.323. The molecule has 0 atom stereocenters. The van der Waals surface area contributed by atoms with E-state index in [4.69, 9.17) is 22.3 Å². The van der Waals surface area contributed by atoms with Gasteiger partial charge in [0.25, 0.3) is 0 Å². The maximum absolute atomic E-state index is 7.73. The molecule has 0 spiro atoms. The number of hydrogen-bond acceptors (Lipinski definition) is 0. The van der Waals surface area contributed by atoms with Gasteiger partial charge >= 0.3 is 0 Å². The summed E-state index contributed by atoms with van der Waals surface area (Å²) >= 11 is 0. The Morgan fingerprint density at radius 3 is 1.73 bits per heavy atom. The van der Waals surface area contributed by atoms with Crippen molar-refractivity contribution in [2.24, 2.45) is 4.99 Å². The molecule has 11 heavy (non-hydrogen) atoms. The van der Waals surface area contributed by atoms with Crippen LogP contribution in [0.4, 0.5) is 0 Å². The minimum atomic E-state index is 0. The number of allylic oxidation sites excluding steroid dienone is 1. The molecule has 6 heteroatoms. The fraction of sp³-hybridized carbons (Fsp3) is 0. The van der Waals surface area contributed by atoms with Crippen LogP contribution in [0, 0.1) is 0 Å². The van der Waals surface area contributed by atoms with Gasteiger partial charge < -0.3 is 27.3 Å². The van der Waals surface area contributed by atoms with Gasteiger partial charge in [-0.3, -0.25) is 0 Å². The molecule has 0 aliphatic rings. The van der Waals surface area contributed by atoms with Gasteiger partial charge in [-0.05, 0) is 0 Å². The molecule has 58 valence electrons. The van der Waals surface area contributed by atoms with E-state index in [1.165, 1.54) is 6.08 Å². The molecule has 0 aromatic carbocycles. The zero-order valence-electron chi connectivity index (χ0n) is 5.94. The van der Waals surface area contributed by atoms with Crippen LogP contribution in [0.15, 0.2) is 17.3 Å². The number of nitrogens with one attached hydrogen (secondary N) is 2. The van der Waals surface area contributed by atoms with Gasteiger partial charge in [0.15, 0.2) is 0 Å². The summed E-state index contributed by atoms with van der Waals surface area (Å²) in [6, 6.07) is 0. The van der Waals surface area contributed by atoms with Crippen molar-refractivity contribution >= 4 is 18.9 Å². The number of rotatable bonds is 2. The minimum Gasteiger partial charge on any atom is -0.811 e. The average Bonchev–Trinajstić information content (AvgIpc) is 1.93. The van der Waals surface area contributed by atoms with Crippen molar-refractivity contribution in [3.8, 4) is 0 Å². The number of nitrogens with zero attached hydrogens (tertiary/aromatic N) is 3. The van der Waals surface area contributed by atoms with Crippen LogP contribution >= 0.6 is 0 Å². The van der Waals surface area contributed by atoms with Crippen LogP contribution in [0.5, 0.6) is 0 Å². The van der Waals surface area contributed by atoms with Crippen LogP contribution in [0.3, 0.4) is 0 Å².